The molecule has 0 spiro atoms. The summed E-state index contributed by atoms with van der Waals surface area (Å²) in [6.07, 6.45) is 0. The molecule has 5 nitrogen and oxygen atoms in total. The molecule has 126 valence electrons. The summed E-state index contributed by atoms with van der Waals surface area (Å²) in [7, 11) is 6.88. The van der Waals surface area contributed by atoms with Crippen molar-refractivity contribution in [3.8, 4) is 11.5 Å². The molecule has 0 aliphatic carbocycles. The van der Waals surface area contributed by atoms with Gasteiger partial charge < -0.3 is 19.7 Å². The molecule has 22 heavy (non-hydrogen) atoms. The second kappa shape index (κ2) is 8.86. The summed E-state index contributed by atoms with van der Waals surface area (Å²) in [5.41, 5.74) is 0.281. The summed E-state index contributed by atoms with van der Waals surface area (Å²) < 4.78 is 10.6. The molecule has 0 bridgehead atoms. The maximum atomic E-state index is 12.7. The van der Waals surface area contributed by atoms with Gasteiger partial charge in [-0.3, -0.25) is 4.79 Å². The monoisotopic (exact) mass is 330 g/mol. The smallest absolute Gasteiger partial charge is 0.232 e. The lowest BCUT2D eigenvalue weighted by Crippen LogP contribution is -2.43. The number of carbonyl (C=O) groups is 1. The Morgan fingerprint density at radius 3 is 2.32 bits per heavy atom. The van der Waals surface area contributed by atoms with Crippen molar-refractivity contribution in [2.45, 2.75) is 19.3 Å². The van der Waals surface area contributed by atoms with Crippen LogP contribution >= 0.6 is 12.4 Å². The number of rotatable bonds is 7. The van der Waals surface area contributed by atoms with Gasteiger partial charge in [-0.05, 0) is 38.6 Å². The summed E-state index contributed by atoms with van der Waals surface area (Å²) in [4.78, 5) is 14.4. The van der Waals surface area contributed by atoms with Crippen LogP contribution in [0.4, 0.5) is 0 Å². The normalized spacial score (nSPS) is 10.6. The van der Waals surface area contributed by atoms with Crippen molar-refractivity contribution < 1.29 is 14.3 Å². The first kappa shape index (κ1) is 20.5. The Morgan fingerprint density at radius 2 is 1.82 bits per heavy atom. The Morgan fingerprint density at radius 1 is 1.23 bits per heavy atom. The standard InChI is InChI=1S/C16H26N2O3.ClH/c1-16(2,15(19)18(4)10-9-17-3)12-7-8-13(20-5)14(11-12)21-6;/h7-8,11,17H,9-10H2,1-6H3;1H. The number of ether oxygens (including phenoxy) is 2. The van der Waals surface area contributed by atoms with Gasteiger partial charge in [0.1, 0.15) is 0 Å². The second-order valence-electron chi connectivity index (χ2n) is 5.53. The fraction of sp³-hybridized carbons (Fsp3) is 0.562. The van der Waals surface area contributed by atoms with Gasteiger partial charge in [-0.25, -0.2) is 0 Å². The average Bonchev–Trinajstić information content (AvgIpc) is 2.50. The number of likely N-dealkylation sites (N-methyl/N-ethyl adjacent to an activating group) is 2. The summed E-state index contributed by atoms with van der Waals surface area (Å²) in [5.74, 6) is 1.37. The zero-order chi connectivity index (χ0) is 16.0. The molecule has 0 heterocycles. The maximum Gasteiger partial charge on any atom is 0.232 e. The Bertz CT molecular complexity index is 492. The fourth-order valence-electron chi connectivity index (χ4n) is 2.21. The topological polar surface area (TPSA) is 50.8 Å². The van der Waals surface area contributed by atoms with E-state index in [2.05, 4.69) is 5.32 Å². The zero-order valence-electron chi connectivity index (χ0n) is 14.2. The molecule has 1 rings (SSSR count). The minimum Gasteiger partial charge on any atom is -0.493 e. The van der Waals surface area contributed by atoms with E-state index in [1.165, 1.54) is 0 Å². The van der Waals surface area contributed by atoms with Crippen LogP contribution < -0.4 is 14.8 Å². The van der Waals surface area contributed by atoms with Crippen LogP contribution in [0.15, 0.2) is 18.2 Å². The second-order valence-corrected chi connectivity index (χ2v) is 5.53. The largest absolute Gasteiger partial charge is 0.493 e. The number of nitrogens with one attached hydrogen (secondary N) is 1. The molecule has 0 unspecified atom stereocenters. The molecule has 1 aromatic carbocycles. The number of hydrogen-bond acceptors (Lipinski definition) is 4. The third kappa shape index (κ3) is 4.52. The molecule has 0 atom stereocenters. The van der Waals surface area contributed by atoms with Gasteiger partial charge in [-0.1, -0.05) is 6.07 Å². The van der Waals surface area contributed by atoms with E-state index in [0.717, 1.165) is 12.1 Å². The molecule has 0 saturated heterocycles. The Labute approximate surface area is 139 Å². The van der Waals surface area contributed by atoms with Crippen LogP contribution in [0.2, 0.25) is 0 Å². The summed E-state index contributed by atoms with van der Waals surface area (Å²) >= 11 is 0. The SMILES string of the molecule is CNCCN(C)C(=O)C(C)(C)c1ccc(OC)c(OC)c1.Cl. The van der Waals surface area contributed by atoms with Gasteiger partial charge in [0, 0.05) is 20.1 Å². The van der Waals surface area contributed by atoms with Gasteiger partial charge in [0.15, 0.2) is 11.5 Å². The number of amides is 1. The molecular formula is C16H27ClN2O3. The van der Waals surface area contributed by atoms with Gasteiger partial charge in [0.25, 0.3) is 0 Å². The first-order valence-corrected chi connectivity index (χ1v) is 7.01. The Balaban J connectivity index is 0.00000441. The van der Waals surface area contributed by atoms with Crippen LogP contribution in [-0.2, 0) is 10.2 Å². The quantitative estimate of drug-likeness (QED) is 0.831. The summed E-state index contributed by atoms with van der Waals surface area (Å²) in [6, 6.07) is 5.60. The van der Waals surface area contributed by atoms with Crippen LogP contribution in [0.1, 0.15) is 19.4 Å². The van der Waals surface area contributed by atoms with Crippen molar-refractivity contribution >= 4 is 18.3 Å². The highest BCUT2D eigenvalue weighted by molar-refractivity contribution is 5.87. The number of halogens is 1. The van der Waals surface area contributed by atoms with Crippen molar-refractivity contribution in [3.63, 3.8) is 0 Å². The molecule has 0 radical (unpaired) electrons. The van der Waals surface area contributed by atoms with Crippen molar-refractivity contribution in [1.82, 2.24) is 10.2 Å². The maximum absolute atomic E-state index is 12.7. The predicted octanol–water partition coefficient (Wildman–Crippen LogP) is 2.08. The molecule has 1 aromatic rings. The van der Waals surface area contributed by atoms with E-state index in [1.807, 2.05) is 46.1 Å². The Hall–Kier alpha value is -1.46. The van der Waals surface area contributed by atoms with E-state index in [9.17, 15) is 4.79 Å². The molecule has 1 amide bonds. The number of hydrogen-bond donors (Lipinski definition) is 1. The third-order valence-electron chi connectivity index (χ3n) is 3.68. The van der Waals surface area contributed by atoms with Gasteiger partial charge >= 0.3 is 0 Å². The van der Waals surface area contributed by atoms with Crippen molar-refractivity contribution in [1.29, 1.82) is 0 Å². The molecule has 0 aliphatic heterocycles. The molecule has 6 heteroatoms. The van der Waals surface area contributed by atoms with Crippen LogP contribution in [0.25, 0.3) is 0 Å². The molecule has 1 N–H and O–H groups in total. The number of carbonyl (C=O) groups excluding carboxylic acids is 1. The van der Waals surface area contributed by atoms with Crippen molar-refractivity contribution in [2.75, 3.05) is 41.4 Å². The molecule has 0 aromatic heterocycles. The van der Waals surface area contributed by atoms with E-state index >= 15 is 0 Å². The van der Waals surface area contributed by atoms with Crippen LogP contribution in [0.3, 0.4) is 0 Å². The van der Waals surface area contributed by atoms with E-state index in [4.69, 9.17) is 9.47 Å². The first-order valence-electron chi connectivity index (χ1n) is 7.01. The van der Waals surface area contributed by atoms with E-state index in [1.54, 1.807) is 19.1 Å². The number of methoxy groups -OCH3 is 2. The molecule has 0 saturated carbocycles. The predicted molar refractivity (Wildman–Crippen MR) is 91.4 cm³/mol. The molecular weight excluding hydrogens is 304 g/mol. The van der Waals surface area contributed by atoms with E-state index in [-0.39, 0.29) is 18.3 Å². The van der Waals surface area contributed by atoms with Crippen molar-refractivity contribution in [3.05, 3.63) is 23.8 Å². The lowest BCUT2D eigenvalue weighted by molar-refractivity contribution is -0.134. The highest BCUT2D eigenvalue weighted by atomic mass is 35.5. The third-order valence-corrected chi connectivity index (χ3v) is 3.68. The minimum atomic E-state index is -0.623. The van der Waals surface area contributed by atoms with Gasteiger partial charge in [-0.2, -0.15) is 0 Å². The van der Waals surface area contributed by atoms with Crippen molar-refractivity contribution in [2.24, 2.45) is 0 Å². The van der Waals surface area contributed by atoms with Crippen LogP contribution in [0, 0.1) is 0 Å². The van der Waals surface area contributed by atoms with Gasteiger partial charge in [0.2, 0.25) is 5.91 Å². The van der Waals surface area contributed by atoms with Crippen LogP contribution in [-0.4, -0.2) is 52.2 Å². The number of benzene rings is 1. The number of nitrogens with zero attached hydrogens (tertiary/aromatic N) is 1. The summed E-state index contributed by atoms with van der Waals surface area (Å²) in [5, 5.41) is 3.05. The van der Waals surface area contributed by atoms with Crippen LogP contribution in [0.5, 0.6) is 11.5 Å². The van der Waals surface area contributed by atoms with Gasteiger partial charge in [-0.15, -0.1) is 12.4 Å². The lowest BCUT2D eigenvalue weighted by atomic mass is 9.83. The Kier molecular flexibility index (Phi) is 8.27. The average molecular weight is 331 g/mol. The van der Waals surface area contributed by atoms with E-state index in [0.29, 0.717) is 18.0 Å². The highest BCUT2D eigenvalue weighted by Gasteiger charge is 2.32. The zero-order valence-corrected chi connectivity index (χ0v) is 15.0. The first-order chi connectivity index (χ1) is 9.88. The molecule has 0 fully saturated rings. The fourth-order valence-corrected chi connectivity index (χ4v) is 2.21. The lowest BCUT2D eigenvalue weighted by Gasteiger charge is -2.30. The van der Waals surface area contributed by atoms with Gasteiger partial charge in [0.05, 0.1) is 19.6 Å². The summed E-state index contributed by atoms with van der Waals surface area (Å²) in [6.45, 7) is 5.29. The minimum absolute atomic E-state index is 0. The highest BCUT2D eigenvalue weighted by Crippen LogP contribution is 2.34. The van der Waals surface area contributed by atoms with E-state index < -0.39 is 5.41 Å². The molecule has 0 aliphatic rings.